The van der Waals surface area contributed by atoms with Crippen LogP contribution in [-0.4, -0.2) is 4.98 Å². The van der Waals surface area contributed by atoms with Crippen molar-refractivity contribution in [1.82, 2.24) is 10.4 Å². The lowest BCUT2D eigenvalue weighted by Gasteiger charge is -2.17. The molecule has 1 aromatic carbocycles. The van der Waals surface area contributed by atoms with Crippen molar-refractivity contribution in [3.63, 3.8) is 0 Å². The maximum absolute atomic E-state index is 5.82. The Kier molecular flexibility index (Phi) is 3.48. The molecule has 96 valence electrons. The van der Waals surface area contributed by atoms with Gasteiger partial charge in [-0.2, -0.15) is 0 Å². The number of thiophene rings is 1. The highest BCUT2D eigenvalue weighted by molar-refractivity contribution is 7.17. The number of fused-ring (bicyclic) bond motifs is 1. The summed E-state index contributed by atoms with van der Waals surface area (Å²) >= 11 is 7.54. The molecule has 3 nitrogen and oxygen atoms in total. The van der Waals surface area contributed by atoms with Gasteiger partial charge in [0.25, 0.3) is 0 Å². The van der Waals surface area contributed by atoms with Crippen LogP contribution in [0.4, 0.5) is 0 Å². The highest BCUT2D eigenvalue weighted by Crippen LogP contribution is 2.31. The Hall–Kier alpha value is -1.46. The summed E-state index contributed by atoms with van der Waals surface area (Å²) in [6.45, 7) is 0. The molecular weight excluding hydrogens is 278 g/mol. The minimum Gasteiger partial charge on any atom is -0.271 e. The fourth-order valence-electron chi connectivity index (χ4n) is 2.17. The standard InChI is InChI=1S/C14H12ClN3S/c15-12-5-4-10(8-17-12)13(18-16)11-3-1-2-9-6-7-19-14(9)11/h1-8,13,18H,16H2. The molecule has 2 aromatic heterocycles. The molecule has 0 bridgehead atoms. The van der Waals surface area contributed by atoms with E-state index in [0.717, 1.165) is 11.1 Å². The number of benzene rings is 1. The van der Waals surface area contributed by atoms with Gasteiger partial charge in [-0.3, -0.25) is 5.84 Å². The first-order valence-electron chi connectivity index (χ1n) is 5.83. The summed E-state index contributed by atoms with van der Waals surface area (Å²) < 4.78 is 1.24. The second-order valence-corrected chi connectivity index (χ2v) is 5.50. The van der Waals surface area contributed by atoms with Gasteiger partial charge >= 0.3 is 0 Å². The Morgan fingerprint density at radius 3 is 2.84 bits per heavy atom. The second kappa shape index (κ2) is 5.27. The number of hydrogen-bond acceptors (Lipinski definition) is 4. The lowest BCUT2D eigenvalue weighted by atomic mass is 10.00. The Morgan fingerprint density at radius 1 is 1.21 bits per heavy atom. The van der Waals surface area contributed by atoms with E-state index in [0.29, 0.717) is 5.15 Å². The minimum atomic E-state index is -0.0906. The molecule has 3 N–H and O–H groups in total. The molecule has 5 heteroatoms. The zero-order valence-corrected chi connectivity index (χ0v) is 11.6. The molecule has 0 spiro atoms. The van der Waals surface area contributed by atoms with Gasteiger partial charge in [0.2, 0.25) is 0 Å². The molecule has 3 aromatic rings. The topological polar surface area (TPSA) is 50.9 Å². The number of nitrogens with two attached hydrogens (primary N) is 1. The van der Waals surface area contributed by atoms with E-state index in [1.54, 1.807) is 23.6 Å². The number of nitrogens with zero attached hydrogens (tertiary/aromatic N) is 1. The van der Waals surface area contributed by atoms with E-state index in [9.17, 15) is 0 Å². The van der Waals surface area contributed by atoms with Gasteiger partial charge in [0.1, 0.15) is 5.15 Å². The molecule has 3 rings (SSSR count). The van der Waals surface area contributed by atoms with Gasteiger partial charge in [-0.25, -0.2) is 10.4 Å². The van der Waals surface area contributed by atoms with Gasteiger partial charge in [0.15, 0.2) is 0 Å². The van der Waals surface area contributed by atoms with Gasteiger partial charge in [0, 0.05) is 10.9 Å². The van der Waals surface area contributed by atoms with Crippen LogP contribution in [0.5, 0.6) is 0 Å². The van der Waals surface area contributed by atoms with Crippen LogP contribution in [0.1, 0.15) is 17.2 Å². The van der Waals surface area contributed by atoms with Crippen molar-refractivity contribution in [2.24, 2.45) is 5.84 Å². The molecule has 0 aliphatic heterocycles. The Balaban J connectivity index is 2.11. The molecule has 1 atom stereocenters. The summed E-state index contributed by atoms with van der Waals surface area (Å²) in [7, 11) is 0. The summed E-state index contributed by atoms with van der Waals surface area (Å²) in [5.74, 6) is 5.73. The second-order valence-electron chi connectivity index (χ2n) is 4.20. The predicted molar refractivity (Wildman–Crippen MR) is 80.2 cm³/mol. The molecule has 0 fully saturated rings. The van der Waals surface area contributed by atoms with Gasteiger partial charge in [-0.1, -0.05) is 35.9 Å². The fraction of sp³-hybridized carbons (Fsp3) is 0.0714. The van der Waals surface area contributed by atoms with Crippen LogP contribution >= 0.6 is 22.9 Å². The lowest BCUT2D eigenvalue weighted by molar-refractivity contribution is 0.639. The predicted octanol–water partition coefficient (Wildman–Crippen LogP) is 3.50. The van der Waals surface area contributed by atoms with Crippen molar-refractivity contribution in [2.45, 2.75) is 6.04 Å². The molecule has 0 aliphatic carbocycles. The third-order valence-electron chi connectivity index (χ3n) is 3.07. The average molecular weight is 290 g/mol. The third-order valence-corrected chi connectivity index (χ3v) is 4.27. The van der Waals surface area contributed by atoms with Gasteiger partial charge in [-0.15, -0.1) is 11.3 Å². The molecule has 0 aliphatic rings. The Labute approximate surface area is 120 Å². The fourth-order valence-corrected chi connectivity index (χ4v) is 3.22. The van der Waals surface area contributed by atoms with E-state index in [4.69, 9.17) is 17.4 Å². The molecule has 19 heavy (non-hydrogen) atoms. The molecule has 0 radical (unpaired) electrons. The summed E-state index contributed by atoms with van der Waals surface area (Å²) in [5, 5.41) is 3.79. The molecule has 0 saturated carbocycles. The summed E-state index contributed by atoms with van der Waals surface area (Å²) in [4.78, 5) is 4.11. The molecule has 0 saturated heterocycles. The molecular formula is C14H12ClN3S. The van der Waals surface area contributed by atoms with E-state index >= 15 is 0 Å². The van der Waals surface area contributed by atoms with Crippen molar-refractivity contribution < 1.29 is 0 Å². The highest BCUT2D eigenvalue weighted by atomic mass is 35.5. The largest absolute Gasteiger partial charge is 0.271 e. The van der Waals surface area contributed by atoms with Crippen LogP contribution in [0.15, 0.2) is 48.0 Å². The van der Waals surface area contributed by atoms with Crippen LogP contribution in [0.25, 0.3) is 10.1 Å². The van der Waals surface area contributed by atoms with Crippen LogP contribution < -0.4 is 11.3 Å². The van der Waals surface area contributed by atoms with E-state index in [1.165, 1.54) is 10.1 Å². The van der Waals surface area contributed by atoms with E-state index in [2.05, 4.69) is 34.0 Å². The number of rotatable bonds is 3. The first kappa shape index (κ1) is 12.6. The SMILES string of the molecule is NNC(c1ccc(Cl)nc1)c1cccc2ccsc12. The van der Waals surface area contributed by atoms with Crippen molar-refractivity contribution >= 4 is 33.0 Å². The van der Waals surface area contributed by atoms with Crippen molar-refractivity contribution in [1.29, 1.82) is 0 Å². The molecule has 2 heterocycles. The number of hydrogen-bond donors (Lipinski definition) is 2. The number of hydrazine groups is 1. The Bertz CT molecular complexity index is 693. The maximum Gasteiger partial charge on any atom is 0.129 e. The zero-order chi connectivity index (χ0) is 13.2. The van der Waals surface area contributed by atoms with Crippen molar-refractivity contribution in [2.75, 3.05) is 0 Å². The first-order valence-corrected chi connectivity index (χ1v) is 7.09. The van der Waals surface area contributed by atoms with E-state index < -0.39 is 0 Å². The molecule has 0 amide bonds. The number of aromatic nitrogens is 1. The average Bonchev–Trinajstić information content (AvgIpc) is 2.91. The summed E-state index contributed by atoms with van der Waals surface area (Å²) in [5.41, 5.74) is 5.00. The minimum absolute atomic E-state index is 0.0906. The normalized spacial score (nSPS) is 12.7. The Morgan fingerprint density at radius 2 is 2.11 bits per heavy atom. The quantitative estimate of drug-likeness (QED) is 0.441. The van der Waals surface area contributed by atoms with Crippen LogP contribution in [0.2, 0.25) is 5.15 Å². The monoisotopic (exact) mass is 289 g/mol. The van der Waals surface area contributed by atoms with Gasteiger partial charge in [-0.05, 0) is 34.0 Å². The smallest absolute Gasteiger partial charge is 0.129 e. The maximum atomic E-state index is 5.82. The zero-order valence-electron chi connectivity index (χ0n) is 10.0. The summed E-state index contributed by atoms with van der Waals surface area (Å²) in [6, 6.07) is 11.9. The van der Waals surface area contributed by atoms with Gasteiger partial charge < -0.3 is 0 Å². The van der Waals surface area contributed by atoms with Crippen LogP contribution in [0, 0.1) is 0 Å². The summed E-state index contributed by atoms with van der Waals surface area (Å²) in [6.07, 6.45) is 1.75. The number of pyridine rings is 1. The number of halogens is 1. The first-order chi connectivity index (χ1) is 9.29. The van der Waals surface area contributed by atoms with Gasteiger partial charge in [0.05, 0.1) is 6.04 Å². The third kappa shape index (κ3) is 2.35. The molecule has 1 unspecified atom stereocenters. The lowest BCUT2D eigenvalue weighted by Crippen LogP contribution is -2.28. The highest BCUT2D eigenvalue weighted by Gasteiger charge is 2.16. The van der Waals surface area contributed by atoms with E-state index in [1.807, 2.05) is 12.1 Å². The van der Waals surface area contributed by atoms with Crippen LogP contribution in [-0.2, 0) is 0 Å². The van der Waals surface area contributed by atoms with Crippen molar-refractivity contribution in [3.8, 4) is 0 Å². The number of nitrogens with one attached hydrogen (secondary N) is 1. The van der Waals surface area contributed by atoms with Crippen LogP contribution in [0.3, 0.4) is 0 Å². The van der Waals surface area contributed by atoms with E-state index in [-0.39, 0.29) is 6.04 Å². The van der Waals surface area contributed by atoms with Crippen molar-refractivity contribution in [3.05, 3.63) is 64.3 Å².